The lowest BCUT2D eigenvalue weighted by molar-refractivity contribution is -0.150. The maximum absolute atomic E-state index is 12.9. The van der Waals surface area contributed by atoms with E-state index in [0.717, 1.165) is 6.42 Å². The van der Waals surface area contributed by atoms with Crippen LogP contribution in [0.5, 0.6) is 0 Å². The highest BCUT2D eigenvalue weighted by Gasteiger charge is 2.50. The van der Waals surface area contributed by atoms with Gasteiger partial charge >= 0.3 is 0 Å². The van der Waals surface area contributed by atoms with Gasteiger partial charge in [0.1, 0.15) is 17.3 Å². The molecule has 25 heavy (non-hydrogen) atoms. The fraction of sp³-hybridized carbons (Fsp3) is 0.800. The molecule has 142 valence electrons. The molecule has 0 aromatic rings. The standard InChI is InChI=1S/C20H33NO4/c1-13(2)18(24)16(8-6-11-21-15(5)22)12-17(23)20(9-7-10-20)19(25)14(3)4/h13-14,16H,6-12H2,1-5H3,(H,21,22). The van der Waals surface area contributed by atoms with Crippen molar-refractivity contribution in [2.75, 3.05) is 6.54 Å². The third kappa shape index (κ3) is 5.48. The number of ketones is 3. The molecule has 0 aromatic carbocycles. The molecule has 0 aromatic heterocycles. The number of amides is 1. The summed E-state index contributed by atoms with van der Waals surface area (Å²) >= 11 is 0. The maximum Gasteiger partial charge on any atom is 0.216 e. The SMILES string of the molecule is CC(=O)NCCCC(CC(=O)C1(C(=O)C(C)C)CCC1)C(=O)C(C)C. The largest absolute Gasteiger partial charge is 0.356 e. The van der Waals surface area contributed by atoms with Crippen LogP contribution in [0.2, 0.25) is 0 Å². The zero-order valence-corrected chi connectivity index (χ0v) is 16.3. The Morgan fingerprint density at radius 3 is 2.00 bits per heavy atom. The van der Waals surface area contributed by atoms with E-state index in [1.807, 2.05) is 27.7 Å². The van der Waals surface area contributed by atoms with Gasteiger partial charge in [0.25, 0.3) is 0 Å². The molecule has 1 aliphatic rings. The first-order valence-electron chi connectivity index (χ1n) is 9.47. The molecule has 1 rings (SSSR count). The summed E-state index contributed by atoms with van der Waals surface area (Å²) in [6.45, 7) is 9.30. The van der Waals surface area contributed by atoms with Crippen LogP contribution in [0.25, 0.3) is 0 Å². The highest BCUT2D eigenvalue weighted by Crippen LogP contribution is 2.46. The molecule has 5 nitrogen and oxygen atoms in total. The van der Waals surface area contributed by atoms with Crippen LogP contribution < -0.4 is 5.32 Å². The first-order valence-corrected chi connectivity index (χ1v) is 9.47. The molecule has 0 radical (unpaired) electrons. The van der Waals surface area contributed by atoms with Gasteiger partial charge in [0.2, 0.25) is 5.91 Å². The Hall–Kier alpha value is -1.52. The highest BCUT2D eigenvalue weighted by molar-refractivity contribution is 6.09. The van der Waals surface area contributed by atoms with Crippen LogP contribution in [0.1, 0.15) is 73.1 Å². The molecule has 1 atom stereocenters. The molecular weight excluding hydrogens is 318 g/mol. The summed E-state index contributed by atoms with van der Waals surface area (Å²) < 4.78 is 0. The van der Waals surface area contributed by atoms with Crippen molar-refractivity contribution in [1.82, 2.24) is 5.32 Å². The first kappa shape index (κ1) is 21.5. The number of carbonyl (C=O) groups is 4. The molecule has 0 spiro atoms. The molecule has 1 saturated carbocycles. The van der Waals surface area contributed by atoms with Gasteiger partial charge in [-0.15, -0.1) is 0 Å². The van der Waals surface area contributed by atoms with Gasteiger partial charge in [-0.25, -0.2) is 0 Å². The molecule has 0 heterocycles. The third-order valence-corrected chi connectivity index (χ3v) is 5.24. The zero-order valence-electron chi connectivity index (χ0n) is 16.3. The van der Waals surface area contributed by atoms with Gasteiger partial charge in [0.05, 0.1) is 5.41 Å². The lowest BCUT2D eigenvalue weighted by Gasteiger charge is -2.40. The molecule has 0 bridgehead atoms. The van der Waals surface area contributed by atoms with Crippen LogP contribution in [0.15, 0.2) is 0 Å². The van der Waals surface area contributed by atoms with Gasteiger partial charge in [0.15, 0.2) is 0 Å². The molecule has 5 heteroatoms. The van der Waals surface area contributed by atoms with Crippen molar-refractivity contribution < 1.29 is 19.2 Å². The second-order valence-corrected chi connectivity index (χ2v) is 7.96. The highest BCUT2D eigenvalue weighted by atomic mass is 16.2. The van der Waals surface area contributed by atoms with E-state index in [4.69, 9.17) is 0 Å². The Morgan fingerprint density at radius 1 is 1.00 bits per heavy atom. The van der Waals surface area contributed by atoms with E-state index in [1.165, 1.54) is 6.92 Å². The Bertz CT molecular complexity index is 518. The van der Waals surface area contributed by atoms with Crippen molar-refractivity contribution in [1.29, 1.82) is 0 Å². The summed E-state index contributed by atoms with van der Waals surface area (Å²) in [5.74, 6) is -0.728. The monoisotopic (exact) mass is 351 g/mol. The maximum atomic E-state index is 12.9. The predicted molar refractivity (Wildman–Crippen MR) is 97.0 cm³/mol. The van der Waals surface area contributed by atoms with Gasteiger partial charge in [-0.3, -0.25) is 19.2 Å². The summed E-state index contributed by atoms with van der Waals surface area (Å²) in [6, 6.07) is 0. The molecule has 1 unspecified atom stereocenters. The van der Waals surface area contributed by atoms with Crippen LogP contribution in [0, 0.1) is 23.2 Å². The van der Waals surface area contributed by atoms with Crippen molar-refractivity contribution in [3.63, 3.8) is 0 Å². The normalized spacial score (nSPS) is 17.1. The predicted octanol–water partition coefficient (Wildman–Crippen LogP) is 3.10. The topological polar surface area (TPSA) is 80.3 Å². The van der Waals surface area contributed by atoms with Crippen LogP contribution in [-0.2, 0) is 19.2 Å². The summed E-state index contributed by atoms with van der Waals surface area (Å²) in [4.78, 5) is 49.0. The van der Waals surface area contributed by atoms with E-state index in [-0.39, 0.29) is 47.4 Å². The summed E-state index contributed by atoms with van der Waals surface area (Å²) in [7, 11) is 0. The van der Waals surface area contributed by atoms with E-state index in [1.54, 1.807) is 0 Å². The second kappa shape index (κ2) is 9.25. The quantitative estimate of drug-likeness (QED) is 0.458. The minimum absolute atomic E-state index is 0.0257. The molecule has 0 saturated heterocycles. The number of nitrogens with one attached hydrogen (secondary N) is 1. The minimum atomic E-state index is -0.846. The van der Waals surface area contributed by atoms with E-state index < -0.39 is 5.41 Å². The smallest absolute Gasteiger partial charge is 0.216 e. The number of carbonyl (C=O) groups excluding carboxylic acids is 4. The first-order chi connectivity index (χ1) is 11.6. The van der Waals surface area contributed by atoms with Crippen LogP contribution >= 0.6 is 0 Å². The fourth-order valence-corrected chi connectivity index (χ4v) is 3.59. The van der Waals surface area contributed by atoms with Crippen molar-refractivity contribution >= 4 is 23.3 Å². The molecule has 0 aliphatic heterocycles. The van der Waals surface area contributed by atoms with E-state index in [0.29, 0.717) is 32.2 Å². The average Bonchev–Trinajstić information content (AvgIpc) is 2.47. The Balaban J connectivity index is 2.78. The number of hydrogen-bond donors (Lipinski definition) is 1. The molecule has 1 aliphatic carbocycles. The number of hydrogen-bond acceptors (Lipinski definition) is 4. The fourth-order valence-electron chi connectivity index (χ4n) is 3.59. The number of rotatable bonds is 11. The van der Waals surface area contributed by atoms with Gasteiger partial charge in [-0.2, -0.15) is 0 Å². The minimum Gasteiger partial charge on any atom is -0.356 e. The Kier molecular flexibility index (Phi) is 7.97. The van der Waals surface area contributed by atoms with Crippen molar-refractivity contribution in [2.45, 2.75) is 73.1 Å². The van der Waals surface area contributed by atoms with E-state index in [2.05, 4.69) is 5.32 Å². The van der Waals surface area contributed by atoms with Gasteiger partial charge in [-0.05, 0) is 25.7 Å². The second-order valence-electron chi connectivity index (χ2n) is 7.96. The third-order valence-electron chi connectivity index (χ3n) is 5.24. The van der Waals surface area contributed by atoms with E-state index >= 15 is 0 Å². The van der Waals surface area contributed by atoms with Crippen molar-refractivity contribution in [3.05, 3.63) is 0 Å². The van der Waals surface area contributed by atoms with Crippen LogP contribution in [-0.4, -0.2) is 29.8 Å². The Labute approximate surface area is 151 Å². The number of Topliss-reactive ketones (excluding diaryl/α,β-unsaturated/α-hetero) is 3. The summed E-state index contributed by atoms with van der Waals surface area (Å²) in [5, 5.41) is 2.72. The molecular formula is C20H33NO4. The van der Waals surface area contributed by atoms with Crippen LogP contribution in [0.3, 0.4) is 0 Å². The van der Waals surface area contributed by atoms with Gasteiger partial charge < -0.3 is 5.32 Å². The Morgan fingerprint density at radius 2 is 1.60 bits per heavy atom. The lowest BCUT2D eigenvalue weighted by atomic mass is 9.59. The van der Waals surface area contributed by atoms with E-state index in [9.17, 15) is 19.2 Å². The van der Waals surface area contributed by atoms with Crippen molar-refractivity contribution in [2.24, 2.45) is 23.2 Å². The van der Waals surface area contributed by atoms with Gasteiger partial charge in [-0.1, -0.05) is 34.1 Å². The van der Waals surface area contributed by atoms with Crippen LogP contribution in [0.4, 0.5) is 0 Å². The summed E-state index contributed by atoms with van der Waals surface area (Å²) in [5.41, 5.74) is -0.846. The lowest BCUT2D eigenvalue weighted by Crippen LogP contribution is -2.48. The molecule has 1 amide bonds. The van der Waals surface area contributed by atoms with Crippen molar-refractivity contribution in [3.8, 4) is 0 Å². The van der Waals surface area contributed by atoms with Gasteiger partial charge in [0, 0.05) is 37.6 Å². The molecule has 1 N–H and O–H groups in total. The zero-order chi connectivity index (χ0) is 19.2. The molecule has 1 fully saturated rings. The average molecular weight is 351 g/mol. The summed E-state index contributed by atoms with van der Waals surface area (Å²) in [6.07, 6.45) is 3.51.